The lowest BCUT2D eigenvalue weighted by Gasteiger charge is -2.38. The van der Waals surface area contributed by atoms with Crippen molar-refractivity contribution in [1.82, 2.24) is 5.32 Å². The summed E-state index contributed by atoms with van der Waals surface area (Å²) in [5.74, 6) is 0. The van der Waals surface area contributed by atoms with Crippen LogP contribution in [-0.4, -0.2) is 12.1 Å². The molecule has 1 spiro atoms. The molecule has 0 amide bonds. The Bertz CT molecular complexity index is 214. The minimum absolute atomic E-state index is 0.813. The van der Waals surface area contributed by atoms with Gasteiger partial charge in [0.05, 0.1) is 0 Å². The molecule has 0 unspecified atom stereocenters. The molecule has 3 saturated carbocycles. The van der Waals surface area contributed by atoms with Crippen LogP contribution in [0.1, 0.15) is 77.0 Å². The Labute approximate surface area is 100 Å². The van der Waals surface area contributed by atoms with Gasteiger partial charge in [0, 0.05) is 12.1 Å². The highest BCUT2D eigenvalue weighted by atomic mass is 15.0. The van der Waals surface area contributed by atoms with Gasteiger partial charge in [-0.05, 0) is 56.8 Å². The standard InChI is InChI=1S/C15H27N/c1-2-6-13(5-1)16-14-7-11-15(12-8-14)9-3-4-10-15/h13-14,16H,1-12H2. The van der Waals surface area contributed by atoms with Crippen LogP contribution in [0.25, 0.3) is 0 Å². The van der Waals surface area contributed by atoms with Gasteiger partial charge in [0.15, 0.2) is 0 Å². The molecular formula is C15H27N. The SMILES string of the molecule is C1CCC(NC2CCC3(CCCC3)CC2)C1. The minimum atomic E-state index is 0.813. The van der Waals surface area contributed by atoms with Crippen molar-refractivity contribution in [2.45, 2.75) is 89.1 Å². The van der Waals surface area contributed by atoms with Gasteiger partial charge in [-0.25, -0.2) is 0 Å². The molecule has 0 aromatic carbocycles. The average Bonchev–Trinajstić information content (AvgIpc) is 2.94. The lowest BCUT2D eigenvalue weighted by atomic mass is 9.71. The zero-order valence-corrected chi connectivity index (χ0v) is 10.6. The average molecular weight is 221 g/mol. The van der Waals surface area contributed by atoms with Gasteiger partial charge in [-0.3, -0.25) is 0 Å². The van der Waals surface area contributed by atoms with Gasteiger partial charge in [0.1, 0.15) is 0 Å². The Morgan fingerprint density at radius 1 is 0.625 bits per heavy atom. The van der Waals surface area contributed by atoms with Crippen molar-refractivity contribution >= 4 is 0 Å². The Morgan fingerprint density at radius 3 is 1.81 bits per heavy atom. The van der Waals surface area contributed by atoms with E-state index in [0.29, 0.717) is 0 Å². The number of rotatable bonds is 2. The van der Waals surface area contributed by atoms with E-state index in [0.717, 1.165) is 17.5 Å². The van der Waals surface area contributed by atoms with Gasteiger partial charge in [-0.1, -0.05) is 25.7 Å². The van der Waals surface area contributed by atoms with E-state index >= 15 is 0 Å². The van der Waals surface area contributed by atoms with Crippen LogP contribution in [0.2, 0.25) is 0 Å². The van der Waals surface area contributed by atoms with Crippen molar-refractivity contribution in [3.8, 4) is 0 Å². The predicted octanol–water partition coefficient (Wildman–Crippen LogP) is 4.02. The molecule has 92 valence electrons. The lowest BCUT2D eigenvalue weighted by Crippen LogP contribution is -2.41. The van der Waals surface area contributed by atoms with Gasteiger partial charge >= 0.3 is 0 Å². The topological polar surface area (TPSA) is 12.0 Å². The zero-order valence-electron chi connectivity index (χ0n) is 10.6. The summed E-state index contributed by atoms with van der Waals surface area (Å²) in [6.45, 7) is 0. The van der Waals surface area contributed by atoms with E-state index in [4.69, 9.17) is 0 Å². The van der Waals surface area contributed by atoms with E-state index in [-0.39, 0.29) is 0 Å². The number of hydrogen-bond acceptors (Lipinski definition) is 1. The lowest BCUT2D eigenvalue weighted by molar-refractivity contribution is 0.163. The molecule has 0 heterocycles. The van der Waals surface area contributed by atoms with E-state index < -0.39 is 0 Å². The summed E-state index contributed by atoms with van der Waals surface area (Å²) in [5, 5.41) is 3.92. The smallest absolute Gasteiger partial charge is 0.00700 e. The van der Waals surface area contributed by atoms with Crippen molar-refractivity contribution in [2.75, 3.05) is 0 Å². The Kier molecular flexibility index (Phi) is 3.24. The molecule has 1 N–H and O–H groups in total. The maximum atomic E-state index is 3.92. The number of hydrogen-bond donors (Lipinski definition) is 1. The van der Waals surface area contributed by atoms with E-state index in [2.05, 4.69) is 5.32 Å². The molecule has 0 aromatic rings. The fraction of sp³-hybridized carbons (Fsp3) is 1.00. The van der Waals surface area contributed by atoms with E-state index in [9.17, 15) is 0 Å². The normalized spacial score (nSPS) is 31.5. The van der Waals surface area contributed by atoms with Crippen LogP contribution in [0.5, 0.6) is 0 Å². The van der Waals surface area contributed by atoms with Crippen LogP contribution in [0, 0.1) is 5.41 Å². The molecule has 0 bridgehead atoms. The Hall–Kier alpha value is -0.0400. The molecule has 0 saturated heterocycles. The van der Waals surface area contributed by atoms with Gasteiger partial charge in [-0.15, -0.1) is 0 Å². The van der Waals surface area contributed by atoms with Crippen molar-refractivity contribution in [2.24, 2.45) is 5.41 Å². The van der Waals surface area contributed by atoms with E-state index in [1.165, 1.54) is 64.2 Å². The van der Waals surface area contributed by atoms with Crippen molar-refractivity contribution in [3.63, 3.8) is 0 Å². The third-order valence-electron chi connectivity index (χ3n) is 5.54. The van der Waals surface area contributed by atoms with Crippen molar-refractivity contribution in [3.05, 3.63) is 0 Å². The van der Waals surface area contributed by atoms with Crippen molar-refractivity contribution < 1.29 is 0 Å². The van der Waals surface area contributed by atoms with Crippen LogP contribution in [0.15, 0.2) is 0 Å². The van der Waals surface area contributed by atoms with Crippen LogP contribution >= 0.6 is 0 Å². The van der Waals surface area contributed by atoms with Crippen LogP contribution in [0.4, 0.5) is 0 Å². The van der Waals surface area contributed by atoms with E-state index in [1.807, 2.05) is 0 Å². The quantitative estimate of drug-likeness (QED) is 0.742. The second-order valence-corrected chi connectivity index (χ2v) is 6.63. The molecular weight excluding hydrogens is 194 g/mol. The molecule has 3 aliphatic rings. The van der Waals surface area contributed by atoms with Crippen molar-refractivity contribution in [1.29, 1.82) is 0 Å². The highest BCUT2D eigenvalue weighted by molar-refractivity contribution is 4.92. The highest BCUT2D eigenvalue weighted by Gasteiger charge is 2.37. The molecule has 1 nitrogen and oxygen atoms in total. The van der Waals surface area contributed by atoms with Gasteiger partial charge in [0.25, 0.3) is 0 Å². The molecule has 0 radical (unpaired) electrons. The summed E-state index contributed by atoms with van der Waals surface area (Å²) in [6.07, 6.45) is 17.9. The second kappa shape index (κ2) is 4.68. The highest BCUT2D eigenvalue weighted by Crippen LogP contribution is 2.48. The minimum Gasteiger partial charge on any atom is -0.311 e. The third-order valence-corrected chi connectivity index (χ3v) is 5.54. The second-order valence-electron chi connectivity index (χ2n) is 6.63. The largest absolute Gasteiger partial charge is 0.311 e. The van der Waals surface area contributed by atoms with Gasteiger partial charge in [-0.2, -0.15) is 0 Å². The summed E-state index contributed by atoms with van der Waals surface area (Å²) in [5.41, 5.74) is 0.813. The predicted molar refractivity (Wildman–Crippen MR) is 68.5 cm³/mol. The first-order valence-corrected chi connectivity index (χ1v) is 7.62. The van der Waals surface area contributed by atoms with Crippen LogP contribution in [-0.2, 0) is 0 Å². The Morgan fingerprint density at radius 2 is 1.19 bits per heavy atom. The maximum Gasteiger partial charge on any atom is 0.00700 e. The third kappa shape index (κ3) is 2.30. The molecule has 0 atom stereocenters. The molecule has 0 aliphatic heterocycles. The van der Waals surface area contributed by atoms with Crippen LogP contribution < -0.4 is 5.32 Å². The van der Waals surface area contributed by atoms with Crippen LogP contribution in [0.3, 0.4) is 0 Å². The van der Waals surface area contributed by atoms with Gasteiger partial charge < -0.3 is 5.32 Å². The molecule has 16 heavy (non-hydrogen) atoms. The maximum absolute atomic E-state index is 3.92. The molecule has 1 heteroatoms. The zero-order chi connectivity index (χ0) is 10.8. The molecule has 3 aliphatic carbocycles. The molecule has 3 rings (SSSR count). The van der Waals surface area contributed by atoms with E-state index in [1.54, 1.807) is 12.8 Å². The Balaban J connectivity index is 1.46. The first-order chi connectivity index (χ1) is 7.86. The summed E-state index contributed by atoms with van der Waals surface area (Å²) < 4.78 is 0. The first kappa shape index (κ1) is 11.1. The summed E-state index contributed by atoms with van der Waals surface area (Å²) in [6, 6.07) is 1.75. The molecule has 3 fully saturated rings. The molecule has 0 aromatic heterocycles. The summed E-state index contributed by atoms with van der Waals surface area (Å²) >= 11 is 0. The van der Waals surface area contributed by atoms with Gasteiger partial charge in [0.2, 0.25) is 0 Å². The fourth-order valence-electron chi connectivity index (χ4n) is 4.45. The monoisotopic (exact) mass is 221 g/mol. The first-order valence-electron chi connectivity index (χ1n) is 7.62. The summed E-state index contributed by atoms with van der Waals surface area (Å²) in [7, 11) is 0. The fourth-order valence-corrected chi connectivity index (χ4v) is 4.45. The number of nitrogens with one attached hydrogen (secondary N) is 1. The summed E-state index contributed by atoms with van der Waals surface area (Å²) in [4.78, 5) is 0.